The van der Waals surface area contributed by atoms with Gasteiger partial charge in [-0.1, -0.05) is 62.2 Å². The minimum absolute atomic E-state index is 0.0925. The lowest BCUT2D eigenvalue weighted by Crippen LogP contribution is -2.53. The first-order valence-corrected chi connectivity index (χ1v) is 12.7. The fourth-order valence-corrected chi connectivity index (χ4v) is 3.87. The Morgan fingerprint density at radius 2 is 1.76 bits per heavy atom. The average molecular weight is 547 g/mol. The molecule has 38 heavy (non-hydrogen) atoms. The number of rotatable bonds is 15. The maximum atomic E-state index is 13.2. The number of primary amides is 1. The van der Waals surface area contributed by atoms with E-state index in [2.05, 4.69) is 10.6 Å². The first kappa shape index (κ1) is 30.6. The molecule has 2 aromatic rings. The van der Waals surface area contributed by atoms with Crippen LogP contribution < -0.4 is 26.8 Å². The summed E-state index contributed by atoms with van der Waals surface area (Å²) in [5.41, 5.74) is 12.6. The van der Waals surface area contributed by atoms with Crippen LogP contribution in [0.15, 0.2) is 48.5 Å². The molecular formula is C27H35ClN4O6. The van der Waals surface area contributed by atoms with Crippen molar-refractivity contribution in [3.63, 3.8) is 0 Å². The molecule has 0 aliphatic carbocycles. The Hall–Kier alpha value is -3.63. The summed E-state index contributed by atoms with van der Waals surface area (Å²) in [6, 6.07) is 11.3. The molecule has 2 aromatic carbocycles. The summed E-state index contributed by atoms with van der Waals surface area (Å²) in [5.74, 6) is -3.48. The molecule has 11 heteroatoms. The first-order valence-electron chi connectivity index (χ1n) is 12.4. The van der Waals surface area contributed by atoms with Gasteiger partial charge in [-0.2, -0.15) is 0 Å². The molecule has 0 aromatic heterocycles. The Morgan fingerprint density at radius 1 is 1.08 bits per heavy atom. The lowest BCUT2D eigenvalue weighted by Gasteiger charge is -2.24. The Morgan fingerprint density at radius 3 is 2.37 bits per heavy atom. The summed E-state index contributed by atoms with van der Waals surface area (Å²) in [6.45, 7) is 3.58. The number of aliphatic carboxylic acids is 1. The van der Waals surface area contributed by atoms with E-state index in [1.54, 1.807) is 13.8 Å². The molecule has 4 atom stereocenters. The molecule has 2 rings (SSSR count). The van der Waals surface area contributed by atoms with Crippen molar-refractivity contribution >= 4 is 35.3 Å². The molecule has 0 fully saturated rings. The van der Waals surface area contributed by atoms with Gasteiger partial charge in [-0.15, -0.1) is 0 Å². The number of ether oxygens (including phenoxy) is 1. The molecule has 0 bridgehead atoms. The Kier molecular flexibility index (Phi) is 12.0. The lowest BCUT2D eigenvalue weighted by molar-refractivity contribution is -0.143. The second-order valence-corrected chi connectivity index (χ2v) is 9.58. The second kappa shape index (κ2) is 14.9. The van der Waals surface area contributed by atoms with Crippen molar-refractivity contribution in [2.75, 3.05) is 6.61 Å². The van der Waals surface area contributed by atoms with Gasteiger partial charge in [-0.05, 0) is 42.5 Å². The number of amides is 3. The Labute approximate surface area is 227 Å². The number of nitrogens with two attached hydrogens (primary N) is 2. The van der Waals surface area contributed by atoms with Crippen molar-refractivity contribution in [1.82, 2.24) is 10.6 Å². The maximum absolute atomic E-state index is 13.2. The van der Waals surface area contributed by atoms with Crippen LogP contribution in [-0.4, -0.2) is 53.5 Å². The van der Waals surface area contributed by atoms with E-state index in [0.29, 0.717) is 17.9 Å². The number of benzene rings is 2. The van der Waals surface area contributed by atoms with Crippen LogP contribution in [0.25, 0.3) is 0 Å². The van der Waals surface area contributed by atoms with Crippen LogP contribution in [0.1, 0.15) is 49.0 Å². The van der Waals surface area contributed by atoms with Gasteiger partial charge in [0, 0.05) is 17.5 Å². The molecule has 0 aliphatic rings. The molecule has 0 heterocycles. The molecule has 0 saturated heterocycles. The molecule has 0 spiro atoms. The SMILES string of the molecule is CC[C@H](C)[C@H](NC(=O)[C@H](CCC(N)=O)NC(=O)c1ccc(Cl)cc1OC[C@H](N)Cc1ccccc1)C(=O)O. The molecule has 3 amide bonds. The number of carbonyl (C=O) groups excluding carboxylic acids is 3. The summed E-state index contributed by atoms with van der Waals surface area (Å²) in [4.78, 5) is 49.2. The van der Waals surface area contributed by atoms with Gasteiger partial charge in [0.1, 0.15) is 24.4 Å². The van der Waals surface area contributed by atoms with Gasteiger partial charge in [0.2, 0.25) is 11.8 Å². The largest absolute Gasteiger partial charge is 0.491 e. The van der Waals surface area contributed by atoms with Crippen LogP contribution in [0, 0.1) is 5.92 Å². The van der Waals surface area contributed by atoms with Crippen LogP contribution in [0.5, 0.6) is 5.75 Å². The van der Waals surface area contributed by atoms with Crippen molar-refractivity contribution in [1.29, 1.82) is 0 Å². The van der Waals surface area contributed by atoms with Crippen molar-refractivity contribution in [3.8, 4) is 5.75 Å². The molecule has 0 saturated carbocycles. The number of hydrogen-bond acceptors (Lipinski definition) is 6. The highest BCUT2D eigenvalue weighted by Gasteiger charge is 2.30. The van der Waals surface area contributed by atoms with Gasteiger partial charge in [0.25, 0.3) is 5.91 Å². The number of hydrogen-bond donors (Lipinski definition) is 5. The highest BCUT2D eigenvalue weighted by molar-refractivity contribution is 6.30. The van der Waals surface area contributed by atoms with Crippen LogP contribution in [0.2, 0.25) is 5.02 Å². The normalized spacial score (nSPS) is 14.0. The standard InChI is InChI=1S/C27H35ClN4O6/c1-3-16(2)24(27(36)37)32-26(35)21(11-12-23(30)33)31-25(34)20-10-9-18(28)14-22(20)38-15-19(29)13-17-7-5-4-6-8-17/h4-10,14,16,19,21,24H,3,11-13,15,29H2,1-2H3,(H2,30,33)(H,31,34)(H,32,35)(H,36,37)/t16-,19+,21-,24-/m0/s1. The summed E-state index contributed by atoms with van der Waals surface area (Å²) in [7, 11) is 0. The van der Waals surface area contributed by atoms with E-state index in [-0.39, 0.29) is 42.7 Å². The first-order chi connectivity index (χ1) is 18.0. The molecular weight excluding hydrogens is 512 g/mol. The van der Waals surface area contributed by atoms with Gasteiger partial charge in [0.05, 0.1) is 5.56 Å². The summed E-state index contributed by atoms with van der Waals surface area (Å²) < 4.78 is 5.83. The fourth-order valence-electron chi connectivity index (χ4n) is 3.70. The molecule has 206 valence electrons. The van der Waals surface area contributed by atoms with E-state index in [9.17, 15) is 24.3 Å². The smallest absolute Gasteiger partial charge is 0.326 e. The molecule has 10 nitrogen and oxygen atoms in total. The predicted octanol–water partition coefficient (Wildman–Crippen LogP) is 2.27. The lowest BCUT2D eigenvalue weighted by atomic mass is 9.98. The number of carboxylic acids is 1. The topological polar surface area (TPSA) is 174 Å². The second-order valence-electron chi connectivity index (χ2n) is 9.14. The summed E-state index contributed by atoms with van der Waals surface area (Å²) in [5, 5.41) is 14.9. The molecule has 0 radical (unpaired) electrons. The fraction of sp³-hybridized carbons (Fsp3) is 0.407. The third-order valence-electron chi connectivity index (χ3n) is 6.06. The number of nitrogens with one attached hydrogen (secondary N) is 2. The molecule has 7 N–H and O–H groups in total. The third kappa shape index (κ3) is 9.68. The minimum Gasteiger partial charge on any atom is -0.491 e. The summed E-state index contributed by atoms with van der Waals surface area (Å²) in [6.07, 6.45) is 0.746. The monoisotopic (exact) mass is 546 g/mol. The van der Waals surface area contributed by atoms with Crippen LogP contribution in [0.4, 0.5) is 0 Å². The zero-order valence-electron chi connectivity index (χ0n) is 21.5. The Balaban J connectivity index is 2.18. The van der Waals surface area contributed by atoms with Gasteiger partial charge in [-0.3, -0.25) is 14.4 Å². The number of halogens is 1. The van der Waals surface area contributed by atoms with Gasteiger partial charge in [0.15, 0.2) is 0 Å². The van der Waals surface area contributed by atoms with E-state index in [1.165, 1.54) is 18.2 Å². The van der Waals surface area contributed by atoms with E-state index in [0.717, 1.165) is 5.56 Å². The number of carboxylic acid groups (broad SMARTS) is 1. The molecule has 0 aliphatic heterocycles. The summed E-state index contributed by atoms with van der Waals surface area (Å²) >= 11 is 6.12. The van der Waals surface area contributed by atoms with E-state index >= 15 is 0 Å². The van der Waals surface area contributed by atoms with E-state index in [1.807, 2.05) is 30.3 Å². The van der Waals surface area contributed by atoms with Gasteiger partial charge >= 0.3 is 5.97 Å². The van der Waals surface area contributed by atoms with E-state index in [4.69, 9.17) is 27.8 Å². The average Bonchev–Trinajstić information content (AvgIpc) is 2.88. The highest BCUT2D eigenvalue weighted by atomic mass is 35.5. The van der Waals surface area contributed by atoms with Crippen LogP contribution in [-0.2, 0) is 20.8 Å². The highest BCUT2D eigenvalue weighted by Crippen LogP contribution is 2.24. The zero-order chi connectivity index (χ0) is 28.2. The quantitative estimate of drug-likeness (QED) is 0.228. The zero-order valence-corrected chi connectivity index (χ0v) is 22.2. The maximum Gasteiger partial charge on any atom is 0.326 e. The third-order valence-corrected chi connectivity index (χ3v) is 6.30. The van der Waals surface area contributed by atoms with E-state index < -0.39 is 35.8 Å². The van der Waals surface area contributed by atoms with Gasteiger partial charge < -0.3 is 31.9 Å². The van der Waals surface area contributed by atoms with Crippen LogP contribution >= 0.6 is 11.6 Å². The van der Waals surface area contributed by atoms with Crippen molar-refractivity contribution in [2.45, 2.75) is 57.7 Å². The van der Waals surface area contributed by atoms with Crippen molar-refractivity contribution in [3.05, 3.63) is 64.7 Å². The van der Waals surface area contributed by atoms with Crippen molar-refractivity contribution < 1.29 is 29.0 Å². The molecule has 0 unspecified atom stereocenters. The minimum atomic E-state index is -1.22. The van der Waals surface area contributed by atoms with Crippen molar-refractivity contribution in [2.24, 2.45) is 17.4 Å². The predicted molar refractivity (Wildman–Crippen MR) is 144 cm³/mol. The van der Waals surface area contributed by atoms with Crippen LogP contribution in [0.3, 0.4) is 0 Å². The Bertz CT molecular complexity index is 1110. The number of carbonyl (C=O) groups is 4. The van der Waals surface area contributed by atoms with Gasteiger partial charge in [-0.25, -0.2) is 4.79 Å².